The number of aliphatic hydroxyl groups is 1. The molecular formula is C44H79NO5S. The average Bonchev–Trinajstić information content (AvgIpc) is 3.09. The Morgan fingerprint density at radius 1 is 0.549 bits per heavy atom. The van der Waals surface area contributed by atoms with E-state index in [0.717, 1.165) is 70.6 Å². The molecule has 0 saturated carbocycles. The lowest BCUT2D eigenvalue weighted by Crippen LogP contribution is -2.47. The first-order valence-electron chi connectivity index (χ1n) is 21.0. The van der Waals surface area contributed by atoms with E-state index in [1.807, 2.05) is 0 Å². The van der Waals surface area contributed by atoms with Crippen LogP contribution in [0.25, 0.3) is 0 Å². The van der Waals surface area contributed by atoms with Crippen LogP contribution in [0.3, 0.4) is 0 Å². The molecule has 7 heteroatoms. The van der Waals surface area contributed by atoms with E-state index < -0.39 is 28.0 Å². The van der Waals surface area contributed by atoms with Crippen LogP contribution >= 0.6 is 0 Å². The van der Waals surface area contributed by atoms with Gasteiger partial charge in [-0.1, -0.05) is 190 Å². The molecule has 0 aliphatic rings. The third-order valence-corrected chi connectivity index (χ3v) is 10.0. The second-order valence-electron chi connectivity index (χ2n) is 14.2. The number of hydrogen-bond donors (Lipinski definition) is 3. The van der Waals surface area contributed by atoms with Gasteiger partial charge in [0.05, 0.1) is 17.9 Å². The van der Waals surface area contributed by atoms with Gasteiger partial charge in [0, 0.05) is 6.42 Å². The highest BCUT2D eigenvalue weighted by Gasteiger charge is 2.26. The Bertz CT molecular complexity index is 1030. The van der Waals surface area contributed by atoms with Crippen LogP contribution in [0.1, 0.15) is 194 Å². The lowest BCUT2D eigenvalue weighted by molar-refractivity contribution is -0.122. The Morgan fingerprint density at radius 3 is 1.37 bits per heavy atom. The molecule has 0 aromatic rings. The molecular weight excluding hydrogens is 655 g/mol. The summed E-state index contributed by atoms with van der Waals surface area (Å²) >= 11 is 0. The van der Waals surface area contributed by atoms with Crippen LogP contribution in [0.15, 0.2) is 60.8 Å². The Kier molecular flexibility index (Phi) is 36.3. The van der Waals surface area contributed by atoms with Crippen LogP contribution in [0.4, 0.5) is 0 Å². The first-order valence-corrected chi connectivity index (χ1v) is 22.6. The highest BCUT2D eigenvalue weighted by Crippen LogP contribution is 2.16. The van der Waals surface area contributed by atoms with E-state index in [-0.39, 0.29) is 12.3 Å². The Balaban J connectivity index is 3.95. The van der Waals surface area contributed by atoms with Crippen molar-refractivity contribution in [3.8, 4) is 0 Å². The fourth-order valence-electron chi connectivity index (χ4n) is 6.13. The summed E-state index contributed by atoms with van der Waals surface area (Å²) in [6.45, 7) is 4.41. The largest absolute Gasteiger partial charge is 0.391 e. The fraction of sp³-hybridized carbons (Fsp3) is 0.750. The van der Waals surface area contributed by atoms with Gasteiger partial charge < -0.3 is 10.4 Å². The zero-order chi connectivity index (χ0) is 37.5. The molecule has 0 aliphatic heterocycles. The molecule has 0 aromatic heterocycles. The molecule has 0 rings (SSSR count). The van der Waals surface area contributed by atoms with E-state index in [2.05, 4.69) is 79.9 Å². The maximum atomic E-state index is 12.5. The van der Waals surface area contributed by atoms with Gasteiger partial charge in [-0.25, -0.2) is 0 Å². The van der Waals surface area contributed by atoms with Gasteiger partial charge in [0.25, 0.3) is 10.1 Å². The summed E-state index contributed by atoms with van der Waals surface area (Å²) in [6, 6.07) is -0.991. The van der Waals surface area contributed by atoms with E-state index in [9.17, 15) is 22.9 Å². The standard InChI is InChI=1S/C44H79NO5S/c1-3-5-7-9-11-13-15-17-19-21-22-24-26-28-30-32-34-36-38-40-44(47)45-42(41-51(48,49)50)43(46)39-37-35-33-31-29-27-25-23-20-18-16-14-12-10-8-6-4-2/h5,7,11,13,17,19,22,24,28,30,42-43,46H,3-4,6,8-10,12,14-16,18,20-21,23,25-27,29,31-41H2,1-2H3,(H,45,47)(H,48,49,50)/b7-5-,13-11-,19-17-,24-22-,30-28-. The van der Waals surface area contributed by atoms with Crippen molar-refractivity contribution < 1.29 is 22.9 Å². The first-order chi connectivity index (χ1) is 24.8. The van der Waals surface area contributed by atoms with E-state index in [1.54, 1.807) is 0 Å². The van der Waals surface area contributed by atoms with Crippen LogP contribution in [0, 0.1) is 0 Å². The minimum Gasteiger partial charge on any atom is -0.391 e. The highest BCUT2D eigenvalue weighted by molar-refractivity contribution is 7.85. The summed E-state index contributed by atoms with van der Waals surface area (Å²) in [5, 5.41) is 13.3. The molecule has 1 amide bonds. The van der Waals surface area contributed by atoms with Crippen molar-refractivity contribution >= 4 is 16.0 Å². The second kappa shape index (κ2) is 37.8. The fourth-order valence-corrected chi connectivity index (χ4v) is 6.89. The predicted molar refractivity (Wildman–Crippen MR) is 221 cm³/mol. The van der Waals surface area contributed by atoms with Crippen LogP contribution in [-0.2, 0) is 14.9 Å². The lowest BCUT2D eigenvalue weighted by Gasteiger charge is -2.23. The number of nitrogens with one attached hydrogen (secondary N) is 1. The van der Waals surface area contributed by atoms with Crippen LogP contribution in [0.2, 0.25) is 0 Å². The van der Waals surface area contributed by atoms with Crippen molar-refractivity contribution in [2.24, 2.45) is 0 Å². The maximum absolute atomic E-state index is 12.5. The molecule has 2 atom stereocenters. The van der Waals surface area contributed by atoms with Crippen molar-refractivity contribution in [1.29, 1.82) is 0 Å². The van der Waals surface area contributed by atoms with E-state index in [0.29, 0.717) is 12.8 Å². The zero-order valence-corrected chi connectivity index (χ0v) is 33.8. The van der Waals surface area contributed by atoms with E-state index in [1.165, 1.54) is 89.9 Å². The Morgan fingerprint density at radius 2 is 0.941 bits per heavy atom. The van der Waals surface area contributed by atoms with Crippen LogP contribution in [0.5, 0.6) is 0 Å². The van der Waals surface area contributed by atoms with Crippen molar-refractivity contribution in [2.45, 2.75) is 206 Å². The van der Waals surface area contributed by atoms with Crippen molar-refractivity contribution in [2.75, 3.05) is 5.75 Å². The summed E-state index contributed by atoms with van der Waals surface area (Å²) in [7, 11) is -4.32. The number of rotatable bonds is 37. The van der Waals surface area contributed by atoms with E-state index in [4.69, 9.17) is 0 Å². The summed E-state index contributed by atoms with van der Waals surface area (Å²) in [5.74, 6) is -0.942. The van der Waals surface area contributed by atoms with Gasteiger partial charge in [-0.3, -0.25) is 9.35 Å². The van der Waals surface area contributed by atoms with Gasteiger partial charge in [-0.05, 0) is 57.8 Å². The molecule has 0 radical (unpaired) electrons. The maximum Gasteiger partial charge on any atom is 0.266 e. The quantitative estimate of drug-likeness (QED) is 0.0335. The predicted octanol–water partition coefficient (Wildman–Crippen LogP) is 12.5. The smallest absolute Gasteiger partial charge is 0.266 e. The number of allylic oxidation sites excluding steroid dienone is 10. The van der Waals surface area contributed by atoms with Gasteiger partial charge in [-0.15, -0.1) is 0 Å². The Labute approximate surface area is 315 Å². The molecule has 2 unspecified atom stereocenters. The number of carbonyl (C=O) groups is 1. The molecule has 296 valence electrons. The normalized spacial score (nSPS) is 13.9. The molecule has 0 saturated heterocycles. The minimum absolute atomic E-state index is 0.277. The third-order valence-electron chi connectivity index (χ3n) is 9.24. The van der Waals surface area contributed by atoms with Gasteiger partial charge in [0.15, 0.2) is 0 Å². The first kappa shape index (κ1) is 49.0. The topological polar surface area (TPSA) is 104 Å². The van der Waals surface area contributed by atoms with Gasteiger partial charge in [0.2, 0.25) is 5.91 Å². The van der Waals surface area contributed by atoms with Crippen LogP contribution < -0.4 is 5.32 Å². The molecule has 0 heterocycles. The van der Waals surface area contributed by atoms with Gasteiger partial charge >= 0.3 is 0 Å². The van der Waals surface area contributed by atoms with E-state index >= 15 is 0 Å². The molecule has 0 fully saturated rings. The van der Waals surface area contributed by atoms with Crippen molar-refractivity contribution in [3.05, 3.63) is 60.8 Å². The number of carbonyl (C=O) groups excluding carboxylic acids is 1. The number of aliphatic hydroxyl groups excluding tert-OH is 1. The van der Waals surface area contributed by atoms with Crippen molar-refractivity contribution in [3.63, 3.8) is 0 Å². The summed E-state index contributed by atoms with van der Waals surface area (Å²) < 4.78 is 32.6. The molecule has 0 spiro atoms. The Hall–Kier alpha value is -1.96. The molecule has 0 aromatic carbocycles. The second-order valence-corrected chi connectivity index (χ2v) is 15.7. The van der Waals surface area contributed by atoms with Gasteiger partial charge in [0.1, 0.15) is 0 Å². The zero-order valence-electron chi connectivity index (χ0n) is 33.0. The summed E-state index contributed by atoms with van der Waals surface area (Å²) in [4.78, 5) is 12.5. The molecule has 3 N–H and O–H groups in total. The molecule has 0 aliphatic carbocycles. The summed E-state index contributed by atoms with van der Waals surface area (Å²) in [5.41, 5.74) is 0. The third kappa shape index (κ3) is 39.1. The average molecular weight is 734 g/mol. The highest BCUT2D eigenvalue weighted by atomic mass is 32.2. The lowest BCUT2D eigenvalue weighted by atomic mass is 10.0. The SMILES string of the molecule is CC/C=C\C/C=C\C/C=C\C/C=C\C/C=C\CCCCCC(=O)NC(CS(=O)(=O)O)C(O)CCCCCCCCCCCCCCCCCCC. The monoisotopic (exact) mass is 734 g/mol. The minimum atomic E-state index is -4.32. The molecule has 51 heavy (non-hydrogen) atoms. The number of amides is 1. The molecule has 0 bridgehead atoms. The van der Waals surface area contributed by atoms with Crippen molar-refractivity contribution in [1.82, 2.24) is 5.32 Å². The molecule has 6 nitrogen and oxygen atoms in total. The van der Waals surface area contributed by atoms with Gasteiger partial charge in [-0.2, -0.15) is 8.42 Å². The number of unbranched alkanes of at least 4 members (excludes halogenated alkanes) is 19. The summed E-state index contributed by atoms with van der Waals surface area (Å²) in [6.07, 6.45) is 51.7. The van der Waals surface area contributed by atoms with Crippen LogP contribution in [-0.4, -0.2) is 41.9 Å². The number of hydrogen-bond acceptors (Lipinski definition) is 4.